The molecule has 120 valence electrons. The van der Waals surface area contributed by atoms with E-state index < -0.39 is 0 Å². The van der Waals surface area contributed by atoms with E-state index in [2.05, 4.69) is 12.1 Å². The maximum absolute atomic E-state index is 6.14. The van der Waals surface area contributed by atoms with Crippen LogP contribution in [0, 0.1) is 0 Å². The van der Waals surface area contributed by atoms with Crippen molar-refractivity contribution in [2.45, 2.75) is 12.8 Å². The topological polar surface area (TPSA) is 53.7 Å². The molecule has 0 saturated heterocycles. The van der Waals surface area contributed by atoms with Gasteiger partial charge in [-0.2, -0.15) is 0 Å². The largest absolute Gasteiger partial charge is 0.493 e. The van der Waals surface area contributed by atoms with Crippen LogP contribution in [0.2, 0.25) is 0 Å². The van der Waals surface area contributed by atoms with Crippen molar-refractivity contribution in [2.24, 2.45) is 0 Å². The number of allylic oxidation sites excluding steroid dienone is 1. The summed E-state index contributed by atoms with van der Waals surface area (Å²) in [5.74, 6) is 1.90. The minimum Gasteiger partial charge on any atom is -0.493 e. The number of methoxy groups -OCH3 is 3. The molecule has 0 radical (unpaired) electrons. The highest BCUT2D eigenvalue weighted by atomic mass is 16.5. The van der Waals surface area contributed by atoms with Gasteiger partial charge in [0.2, 0.25) is 5.75 Å². The Balaban J connectivity index is 2.17. The van der Waals surface area contributed by atoms with Gasteiger partial charge in [-0.1, -0.05) is 18.2 Å². The molecule has 0 saturated carbocycles. The van der Waals surface area contributed by atoms with Gasteiger partial charge in [-0.05, 0) is 53.3 Å². The van der Waals surface area contributed by atoms with E-state index in [0.29, 0.717) is 17.2 Å². The summed E-state index contributed by atoms with van der Waals surface area (Å²) in [5.41, 5.74) is 11.6. The van der Waals surface area contributed by atoms with Crippen LogP contribution in [0.3, 0.4) is 0 Å². The summed E-state index contributed by atoms with van der Waals surface area (Å²) in [6.45, 7) is 0. The fraction of sp³-hybridized carbons (Fsp3) is 0.263. The Hall–Kier alpha value is -2.62. The second-order valence-corrected chi connectivity index (χ2v) is 5.44. The van der Waals surface area contributed by atoms with Gasteiger partial charge in [-0.15, -0.1) is 0 Å². The summed E-state index contributed by atoms with van der Waals surface area (Å²) in [6.07, 6.45) is 4.17. The fourth-order valence-electron chi connectivity index (χ4n) is 3.12. The van der Waals surface area contributed by atoms with Crippen molar-refractivity contribution in [1.82, 2.24) is 0 Å². The number of nitrogens with two attached hydrogens (primary N) is 1. The second kappa shape index (κ2) is 6.24. The minimum absolute atomic E-state index is 0.600. The molecule has 0 atom stereocenters. The predicted molar refractivity (Wildman–Crippen MR) is 92.4 cm³/mol. The van der Waals surface area contributed by atoms with Crippen LogP contribution in [0.4, 0.5) is 5.69 Å². The lowest BCUT2D eigenvalue weighted by Gasteiger charge is -2.21. The molecule has 0 fully saturated rings. The highest BCUT2D eigenvalue weighted by molar-refractivity contribution is 5.86. The number of ether oxygens (including phenoxy) is 3. The molecule has 0 bridgehead atoms. The van der Waals surface area contributed by atoms with Crippen molar-refractivity contribution in [3.63, 3.8) is 0 Å². The number of hydrogen-bond acceptors (Lipinski definition) is 4. The van der Waals surface area contributed by atoms with Crippen molar-refractivity contribution < 1.29 is 14.2 Å². The van der Waals surface area contributed by atoms with E-state index >= 15 is 0 Å². The third-order valence-electron chi connectivity index (χ3n) is 4.22. The molecule has 1 aliphatic carbocycles. The monoisotopic (exact) mass is 311 g/mol. The van der Waals surface area contributed by atoms with E-state index in [0.717, 1.165) is 29.7 Å². The lowest BCUT2D eigenvalue weighted by atomic mass is 9.86. The number of nitrogen functional groups attached to an aromatic ring is 1. The van der Waals surface area contributed by atoms with Gasteiger partial charge in [0.1, 0.15) is 0 Å². The van der Waals surface area contributed by atoms with Gasteiger partial charge in [0, 0.05) is 5.69 Å². The van der Waals surface area contributed by atoms with Crippen LogP contribution < -0.4 is 19.9 Å². The Morgan fingerprint density at radius 1 is 0.957 bits per heavy atom. The van der Waals surface area contributed by atoms with E-state index in [4.69, 9.17) is 19.9 Å². The first-order valence-electron chi connectivity index (χ1n) is 7.57. The molecule has 0 aliphatic heterocycles. The maximum Gasteiger partial charge on any atom is 0.203 e. The van der Waals surface area contributed by atoms with Crippen molar-refractivity contribution in [3.05, 3.63) is 53.1 Å². The number of rotatable bonds is 4. The second-order valence-electron chi connectivity index (χ2n) is 5.44. The molecule has 0 aromatic heterocycles. The average molecular weight is 311 g/mol. The third kappa shape index (κ3) is 2.61. The van der Waals surface area contributed by atoms with Gasteiger partial charge in [0.15, 0.2) is 11.5 Å². The minimum atomic E-state index is 0.600. The third-order valence-corrected chi connectivity index (χ3v) is 4.22. The van der Waals surface area contributed by atoms with Crippen LogP contribution >= 0.6 is 0 Å². The Morgan fingerprint density at radius 2 is 1.65 bits per heavy atom. The Labute approximate surface area is 136 Å². The summed E-state index contributed by atoms with van der Waals surface area (Å²) < 4.78 is 16.3. The van der Waals surface area contributed by atoms with Crippen molar-refractivity contribution in [1.29, 1.82) is 0 Å². The average Bonchev–Trinajstić information content (AvgIpc) is 2.60. The molecular weight excluding hydrogens is 290 g/mol. The van der Waals surface area contributed by atoms with Gasteiger partial charge in [0.25, 0.3) is 0 Å². The first-order chi connectivity index (χ1) is 11.2. The number of benzene rings is 2. The molecule has 0 amide bonds. The van der Waals surface area contributed by atoms with Crippen molar-refractivity contribution in [3.8, 4) is 17.2 Å². The molecule has 4 nitrogen and oxygen atoms in total. The van der Waals surface area contributed by atoms with Crippen LogP contribution in [-0.4, -0.2) is 21.3 Å². The van der Waals surface area contributed by atoms with Gasteiger partial charge in [0.05, 0.1) is 21.3 Å². The van der Waals surface area contributed by atoms with Crippen LogP contribution in [0.15, 0.2) is 36.4 Å². The molecule has 1 aliphatic rings. The first-order valence-corrected chi connectivity index (χ1v) is 7.57. The Bertz CT molecular complexity index is 740. The Kier molecular flexibility index (Phi) is 4.15. The molecule has 2 N–H and O–H groups in total. The zero-order chi connectivity index (χ0) is 16.4. The van der Waals surface area contributed by atoms with Gasteiger partial charge in [-0.3, -0.25) is 0 Å². The summed E-state index contributed by atoms with van der Waals surface area (Å²) in [4.78, 5) is 0. The summed E-state index contributed by atoms with van der Waals surface area (Å²) >= 11 is 0. The molecule has 23 heavy (non-hydrogen) atoms. The quantitative estimate of drug-likeness (QED) is 0.875. The number of fused-ring (bicyclic) bond motifs is 1. The van der Waals surface area contributed by atoms with Gasteiger partial charge in [-0.25, -0.2) is 0 Å². The standard InChI is InChI=1S/C19H21NO3/c1-21-17-10-12(11-18(22-2)19(17)23-3)13-6-4-8-15-14(13)7-5-9-16(15)20/h5-7,9-11H,4,8,20H2,1-3H3. The number of anilines is 1. The summed E-state index contributed by atoms with van der Waals surface area (Å²) in [5, 5.41) is 0. The van der Waals surface area contributed by atoms with Gasteiger partial charge < -0.3 is 19.9 Å². The summed E-state index contributed by atoms with van der Waals surface area (Å²) in [7, 11) is 4.86. The van der Waals surface area contributed by atoms with Crippen molar-refractivity contribution >= 4 is 11.3 Å². The van der Waals surface area contributed by atoms with Crippen LogP contribution in [0.1, 0.15) is 23.1 Å². The molecule has 2 aromatic rings. The molecule has 0 spiro atoms. The van der Waals surface area contributed by atoms with Crippen LogP contribution in [0.25, 0.3) is 5.57 Å². The molecular formula is C19H21NO3. The lowest BCUT2D eigenvalue weighted by Crippen LogP contribution is -2.05. The first kappa shape index (κ1) is 15.3. The fourth-order valence-corrected chi connectivity index (χ4v) is 3.12. The predicted octanol–water partition coefficient (Wildman–Crippen LogP) is 3.67. The Morgan fingerprint density at radius 3 is 2.26 bits per heavy atom. The zero-order valence-electron chi connectivity index (χ0n) is 13.7. The van der Waals surface area contributed by atoms with E-state index in [-0.39, 0.29) is 0 Å². The van der Waals surface area contributed by atoms with E-state index in [1.807, 2.05) is 24.3 Å². The van der Waals surface area contributed by atoms with E-state index in [1.54, 1.807) is 21.3 Å². The van der Waals surface area contributed by atoms with E-state index in [9.17, 15) is 0 Å². The van der Waals surface area contributed by atoms with Crippen LogP contribution in [-0.2, 0) is 6.42 Å². The van der Waals surface area contributed by atoms with Crippen molar-refractivity contribution in [2.75, 3.05) is 27.1 Å². The SMILES string of the molecule is COc1cc(C2=CCCc3c(N)cccc32)cc(OC)c1OC. The normalized spacial score (nSPS) is 13.1. The molecule has 4 heteroatoms. The molecule has 2 aromatic carbocycles. The zero-order valence-corrected chi connectivity index (χ0v) is 13.7. The molecule has 0 heterocycles. The molecule has 3 rings (SSSR count). The highest BCUT2D eigenvalue weighted by Gasteiger charge is 2.20. The van der Waals surface area contributed by atoms with Crippen LogP contribution in [0.5, 0.6) is 17.2 Å². The highest BCUT2D eigenvalue weighted by Crippen LogP contribution is 2.43. The smallest absolute Gasteiger partial charge is 0.203 e. The number of hydrogen-bond donors (Lipinski definition) is 1. The summed E-state index contributed by atoms with van der Waals surface area (Å²) in [6, 6.07) is 10.0. The van der Waals surface area contributed by atoms with Gasteiger partial charge >= 0.3 is 0 Å². The lowest BCUT2D eigenvalue weighted by molar-refractivity contribution is 0.324. The van der Waals surface area contributed by atoms with E-state index in [1.165, 1.54) is 11.1 Å². The maximum atomic E-state index is 6.14. The molecule has 0 unspecified atom stereocenters.